The largest absolute Gasteiger partial charge is 0.412 e. The van der Waals surface area contributed by atoms with Gasteiger partial charge in [-0.05, 0) is 48.6 Å². The normalized spacial score (nSPS) is 22.1. The van der Waals surface area contributed by atoms with Crippen LogP contribution in [0.4, 0.5) is 14.5 Å². The van der Waals surface area contributed by atoms with Gasteiger partial charge in [-0.3, -0.25) is 9.89 Å². The van der Waals surface area contributed by atoms with Gasteiger partial charge in [-0.15, -0.1) is 0 Å². The second kappa shape index (κ2) is 6.32. The van der Waals surface area contributed by atoms with Crippen molar-refractivity contribution in [3.63, 3.8) is 0 Å². The summed E-state index contributed by atoms with van der Waals surface area (Å²) in [6.07, 6.45) is 2.16. The number of carbonyl (C=O) groups excluding carboxylic acids is 1. The summed E-state index contributed by atoms with van der Waals surface area (Å²) in [5, 5.41) is 8.52. The molecule has 0 spiro atoms. The molecule has 1 aromatic carbocycles. The molecule has 2 aliphatic rings. The minimum atomic E-state index is -2.75. The van der Waals surface area contributed by atoms with E-state index in [1.807, 2.05) is 24.3 Å². The molecule has 2 saturated carbocycles. The second-order valence-electron chi connectivity index (χ2n) is 6.38. The molecular formula is C17H19F2N3O2. The van der Waals surface area contributed by atoms with E-state index >= 15 is 0 Å². The smallest absolute Gasteiger partial charge is 0.280 e. The number of para-hydroxylation sites is 1. The van der Waals surface area contributed by atoms with Gasteiger partial charge in [0.05, 0.1) is 11.8 Å². The number of rotatable bonds is 5. The van der Waals surface area contributed by atoms with Crippen LogP contribution in [0.15, 0.2) is 30.5 Å². The Balaban J connectivity index is 0.00000169. The van der Waals surface area contributed by atoms with Gasteiger partial charge in [0.1, 0.15) is 5.69 Å². The maximum absolute atomic E-state index is 12.9. The van der Waals surface area contributed by atoms with E-state index in [2.05, 4.69) is 15.5 Å². The van der Waals surface area contributed by atoms with Gasteiger partial charge in [-0.1, -0.05) is 18.2 Å². The number of H-pyrrole nitrogens is 1. The van der Waals surface area contributed by atoms with Crippen LogP contribution in [0, 0.1) is 11.8 Å². The van der Waals surface area contributed by atoms with E-state index in [9.17, 15) is 13.6 Å². The third-order valence-corrected chi connectivity index (χ3v) is 4.81. The lowest BCUT2D eigenvalue weighted by molar-refractivity contribution is 0.101. The Hall–Kier alpha value is -2.28. The first-order valence-corrected chi connectivity index (χ1v) is 7.87. The van der Waals surface area contributed by atoms with Gasteiger partial charge >= 0.3 is 0 Å². The zero-order valence-corrected chi connectivity index (χ0v) is 12.9. The number of hydrogen-bond acceptors (Lipinski definition) is 2. The number of aromatic amines is 1. The number of benzene rings is 1. The van der Waals surface area contributed by atoms with Crippen molar-refractivity contribution in [1.29, 1.82) is 0 Å². The predicted molar refractivity (Wildman–Crippen MR) is 85.1 cm³/mol. The molecule has 0 aliphatic heterocycles. The summed E-state index contributed by atoms with van der Waals surface area (Å²) >= 11 is 0. The summed E-state index contributed by atoms with van der Waals surface area (Å²) in [7, 11) is 0. The number of alkyl halides is 2. The van der Waals surface area contributed by atoms with Crippen LogP contribution in [0.5, 0.6) is 0 Å². The van der Waals surface area contributed by atoms with Crippen molar-refractivity contribution in [2.24, 2.45) is 11.8 Å². The maximum Gasteiger partial charge on any atom is 0.280 e. The minimum Gasteiger partial charge on any atom is -0.412 e. The second-order valence-corrected chi connectivity index (χ2v) is 6.38. The summed E-state index contributed by atoms with van der Waals surface area (Å²) in [5.74, 6) is 1.49. The minimum absolute atomic E-state index is 0. The molecular weight excluding hydrogens is 316 g/mol. The molecule has 2 aromatic rings. The molecule has 0 saturated heterocycles. The zero-order chi connectivity index (χ0) is 16.0. The van der Waals surface area contributed by atoms with Gasteiger partial charge in [-0.25, -0.2) is 8.78 Å². The van der Waals surface area contributed by atoms with E-state index in [4.69, 9.17) is 0 Å². The van der Waals surface area contributed by atoms with Crippen LogP contribution in [0.2, 0.25) is 0 Å². The number of nitrogens with one attached hydrogen (secondary N) is 2. The fraction of sp³-hybridized carbons (Fsp3) is 0.412. The Morgan fingerprint density at radius 2 is 2.04 bits per heavy atom. The third kappa shape index (κ3) is 3.03. The zero-order valence-electron chi connectivity index (χ0n) is 12.9. The van der Waals surface area contributed by atoms with Crippen molar-refractivity contribution in [3.05, 3.63) is 47.3 Å². The highest BCUT2D eigenvalue weighted by Crippen LogP contribution is 2.60. The van der Waals surface area contributed by atoms with Gasteiger partial charge in [0.25, 0.3) is 12.3 Å². The SMILES string of the molecule is O.O=C(Nc1ccccc1C1CC1C1CC1)c1cn[nH]c1C(F)F. The van der Waals surface area contributed by atoms with E-state index in [0.29, 0.717) is 11.6 Å². The highest BCUT2D eigenvalue weighted by molar-refractivity contribution is 6.05. The highest BCUT2D eigenvalue weighted by atomic mass is 19.3. The van der Waals surface area contributed by atoms with Crippen molar-refractivity contribution >= 4 is 11.6 Å². The van der Waals surface area contributed by atoms with E-state index in [1.165, 1.54) is 12.8 Å². The molecule has 4 rings (SSSR count). The van der Waals surface area contributed by atoms with Crippen LogP contribution in [0.1, 0.15) is 53.2 Å². The summed E-state index contributed by atoms with van der Waals surface area (Å²) in [6.45, 7) is 0. The van der Waals surface area contributed by atoms with E-state index in [1.54, 1.807) is 0 Å². The molecule has 2 fully saturated rings. The Morgan fingerprint density at radius 1 is 1.29 bits per heavy atom. The predicted octanol–water partition coefficient (Wildman–Crippen LogP) is 3.29. The third-order valence-electron chi connectivity index (χ3n) is 4.81. The van der Waals surface area contributed by atoms with Crippen LogP contribution < -0.4 is 5.32 Å². The van der Waals surface area contributed by atoms with Crippen LogP contribution in [0.3, 0.4) is 0 Å². The molecule has 0 radical (unpaired) electrons. The van der Waals surface area contributed by atoms with E-state index in [0.717, 1.165) is 30.0 Å². The Kier molecular flexibility index (Phi) is 4.36. The number of nitrogens with zero attached hydrogens (tertiary/aromatic N) is 1. The lowest BCUT2D eigenvalue weighted by Gasteiger charge is -2.11. The van der Waals surface area contributed by atoms with Crippen molar-refractivity contribution in [2.45, 2.75) is 31.6 Å². The molecule has 1 amide bonds. The van der Waals surface area contributed by atoms with Gasteiger partial charge < -0.3 is 10.8 Å². The Labute approximate surface area is 137 Å². The summed E-state index contributed by atoms with van der Waals surface area (Å²) in [6, 6.07) is 7.65. The average molecular weight is 335 g/mol. The number of amides is 1. The number of aromatic nitrogens is 2. The van der Waals surface area contributed by atoms with Gasteiger partial charge in [-0.2, -0.15) is 5.10 Å². The molecule has 2 aliphatic carbocycles. The Bertz CT molecular complexity index is 743. The molecule has 5 nitrogen and oxygen atoms in total. The standard InChI is InChI=1S/C17H17F2N3O.H2O/c18-16(19)15-13(8-20-22-15)17(23)21-14-4-2-1-3-10(14)12-7-11(12)9-5-6-9;/h1-4,8-9,11-12,16H,5-7H2,(H,20,22)(H,21,23);1H2. The maximum atomic E-state index is 12.9. The summed E-state index contributed by atoms with van der Waals surface area (Å²) in [5.41, 5.74) is 1.28. The van der Waals surface area contributed by atoms with Crippen molar-refractivity contribution < 1.29 is 19.1 Å². The molecule has 2 atom stereocenters. The molecule has 4 N–H and O–H groups in total. The lowest BCUT2D eigenvalue weighted by Crippen LogP contribution is -2.14. The van der Waals surface area contributed by atoms with Crippen LogP contribution >= 0.6 is 0 Å². The molecule has 1 heterocycles. The average Bonchev–Trinajstić information content (AvgIpc) is 3.43. The number of anilines is 1. The van der Waals surface area contributed by atoms with Crippen LogP contribution in [-0.2, 0) is 0 Å². The van der Waals surface area contributed by atoms with E-state index in [-0.39, 0.29) is 11.0 Å². The fourth-order valence-corrected chi connectivity index (χ4v) is 3.38. The number of carbonyl (C=O) groups is 1. The molecule has 128 valence electrons. The number of hydrogen-bond donors (Lipinski definition) is 2. The quantitative estimate of drug-likeness (QED) is 0.878. The number of halogens is 2. The fourth-order valence-electron chi connectivity index (χ4n) is 3.38. The first-order chi connectivity index (χ1) is 11.1. The summed E-state index contributed by atoms with van der Waals surface area (Å²) in [4.78, 5) is 12.3. The lowest BCUT2D eigenvalue weighted by atomic mass is 10.0. The summed E-state index contributed by atoms with van der Waals surface area (Å²) < 4.78 is 25.7. The Morgan fingerprint density at radius 3 is 2.75 bits per heavy atom. The molecule has 2 unspecified atom stereocenters. The molecule has 24 heavy (non-hydrogen) atoms. The van der Waals surface area contributed by atoms with Crippen molar-refractivity contribution in [2.75, 3.05) is 5.32 Å². The van der Waals surface area contributed by atoms with Gasteiger partial charge in [0.15, 0.2) is 0 Å². The molecule has 0 bridgehead atoms. The van der Waals surface area contributed by atoms with Gasteiger partial charge in [0.2, 0.25) is 0 Å². The topological polar surface area (TPSA) is 89.3 Å². The monoisotopic (exact) mass is 335 g/mol. The van der Waals surface area contributed by atoms with E-state index < -0.39 is 18.0 Å². The highest BCUT2D eigenvalue weighted by Gasteiger charge is 2.48. The van der Waals surface area contributed by atoms with Crippen molar-refractivity contribution in [1.82, 2.24) is 10.2 Å². The first-order valence-electron chi connectivity index (χ1n) is 7.87. The molecule has 1 aromatic heterocycles. The van der Waals surface area contributed by atoms with Crippen LogP contribution in [0.25, 0.3) is 0 Å². The molecule has 7 heteroatoms. The van der Waals surface area contributed by atoms with Gasteiger partial charge in [0, 0.05) is 5.69 Å². The van der Waals surface area contributed by atoms with Crippen LogP contribution in [-0.4, -0.2) is 21.6 Å². The first kappa shape index (κ1) is 16.6. The van der Waals surface area contributed by atoms with Crippen molar-refractivity contribution in [3.8, 4) is 0 Å².